The molecule has 0 spiro atoms. The van der Waals surface area contributed by atoms with Gasteiger partial charge in [0.25, 0.3) is 0 Å². The molecule has 0 radical (unpaired) electrons. The maximum atomic E-state index is 12.9. The first kappa shape index (κ1) is 86.4. The average molecular weight is 1280 g/mol. The minimum absolute atomic E-state index is 0.0182. The van der Waals surface area contributed by atoms with Gasteiger partial charge in [-0.05, 0) is 109 Å². The Balaban J connectivity index is 4.02. The standard InChI is InChI=1S/C80H140NO8P/c1-6-8-10-12-14-16-18-20-22-24-26-28-30-32-34-35-36-37-38-39-40-41-42-43-44-45-47-48-50-52-54-56-58-60-62-64-66-68-70-72-79(82)86-76-78(77-88-90(84,85)87-75-74-81(3,4)5)89-80(83)73-71-69-67-65-63-61-59-57-55-53-51-49-46-33-31-29-27-25-23-21-19-17-15-13-11-9-7-2/h9,11,15,17-18,20-21,23-24,26-27,29,33,46,51,53,57,59,63,65,78H,6-8,10,12-14,16,19,22,25,28,30-32,34-45,47-50,52,54-56,58,60-62,64,66-77H2,1-5H3/p+1/b11-9-,17-15-,20-18-,23-21-,26-24-,29-27-,46-33-,53-51-,59-57-,65-63-. The Morgan fingerprint density at radius 1 is 0.356 bits per heavy atom. The number of likely N-dealkylation sites (N-methyl/N-ethyl adjacent to an activating group) is 1. The highest BCUT2D eigenvalue weighted by Gasteiger charge is 2.27. The normalized spacial score (nSPS) is 13.8. The maximum Gasteiger partial charge on any atom is 0.472 e. The van der Waals surface area contributed by atoms with Gasteiger partial charge in [-0.15, -0.1) is 0 Å². The third kappa shape index (κ3) is 73.5. The fourth-order valence-electron chi connectivity index (χ4n) is 10.3. The number of esters is 2. The molecule has 0 heterocycles. The van der Waals surface area contributed by atoms with Gasteiger partial charge in [-0.25, -0.2) is 4.57 Å². The van der Waals surface area contributed by atoms with E-state index < -0.39 is 26.5 Å². The van der Waals surface area contributed by atoms with E-state index in [-0.39, 0.29) is 32.0 Å². The molecule has 0 rings (SSSR count). The van der Waals surface area contributed by atoms with E-state index in [1.54, 1.807) is 0 Å². The van der Waals surface area contributed by atoms with Crippen molar-refractivity contribution >= 4 is 19.8 Å². The predicted molar refractivity (Wildman–Crippen MR) is 390 cm³/mol. The summed E-state index contributed by atoms with van der Waals surface area (Å²) in [6.07, 6.45) is 101. The molecule has 0 amide bonds. The molecule has 0 aromatic rings. The number of nitrogens with zero attached hydrogens (tertiary/aromatic N) is 1. The summed E-state index contributed by atoms with van der Waals surface area (Å²) in [7, 11) is 1.44. The number of quaternary nitrogens is 1. The van der Waals surface area contributed by atoms with Crippen molar-refractivity contribution < 1.29 is 42.1 Å². The minimum atomic E-state index is -4.41. The molecule has 1 N–H and O–H groups in total. The van der Waals surface area contributed by atoms with Crippen LogP contribution in [0.4, 0.5) is 0 Å². The molecule has 0 bridgehead atoms. The molecule has 0 aromatic carbocycles. The number of ether oxygens (including phenoxy) is 2. The molecule has 0 aliphatic carbocycles. The van der Waals surface area contributed by atoms with Crippen molar-refractivity contribution in [1.29, 1.82) is 0 Å². The summed E-state index contributed by atoms with van der Waals surface area (Å²) in [6.45, 7) is 4.28. The Morgan fingerprint density at radius 3 is 0.967 bits per heavy atom. The van der Waals surface area contributed by atoms with E-state index in [2.05, 4.69) is 135 Å². The van der Waals surface area contributed by atoms with Crippen LogP contribution in [0.2, 0.25) is 0 Å². The van der Waals surface area contributed by atoms with Gasteiger partial charge in [-0.2, -0.15) is 0 Å². The van der Waals surface area contributed by atoms with E-state index in [9.17, 15) is 19.0 Å². The molecule has 2 unspecified atom stereocenters. The highest BCUT2D eigenvalue weighted by atomic mass is 31.2. The first-order valence-corrected chi connectivity index (χ1v) is 38.8. The van der Waals surface area contributed by atoms with Crippen LogP contribution in [0.5, 0.6) is 0 Å². The summed E-state index contributed by atoms with van der Waals surface area (Å²) in [5.74, 6) is -0.845. The van der Waals surface area contributed by atoms with Crippen LogP contribution in [0, 0.1) is 0 Å². The third-order valence-corrected chi connectivity index (χ3v) is 17.0. The third-order valence-electron chi connectivity index (χ3n) is 16.0. The summed E-state index contributed by atoms with van der Waals surface area (Å²) in [4.78, 5) is 35.9. The number of rotatable bonds is 68. The van der Waals surface area contributed by atoms with Crippen molar-refractivity contribution in [3.63, 3.8) is 0 Å². The SMILES string of the molecule is CC/C=C\C/C=C\C/C=C\C/C=C\C/C=C\C/C=C\C/C=C\C/C=C\CCCCC(=O)OC(COC(=O)CCCCCCCCCCCCCCCCCCCCCCCCCCCCC/C=C\C/C=C\CCCCCCC)COP(=O)(O)OCC[N+](C)(C)C. The summed E-state index contributed by atoms with van der Waals surface area (Å²) in [5.41, 5.74) is 0. The first-order valence-electron chi connectivity index (χ1n) is 37.3. The lowest BCUT2D eigenvalue weighted by atomic mass is 10.0. The van der Waals surface area contributed by atoms with E-state index >= 15 is 0 Å². The highest BCUT2D eigenvalue weighted by Crippen LogP contribution is 2.43. The second-order valence-corrected chi connectivity index (χ2v) is 27.4. The first-order chi connectivity index (χ1) is 44.0. The lowest BCUT2D eigenvalue weighted by molar-refractivity contribution is -0.870. The Morgan fingerprint density at radius 2 is 0.633 bits per heavy atom. The molecular weight excluding hydrogens is 1130 g/mol. The van der Waals surface area contributed by atoms with Crippen LogP contribution in [0.3, 0.4) is 0 Å². The highest BCUT2D eigenvalue weighted by molar-refractivity contribution is 7.47. The van der Waals surface area contributed by atoms with Crippen molar-refractivity contribution in [2.24, 2.45) is 0 Å². The Bertz CT molecular complexity index is 1940. The Kier molecular flexibility index (Phi) is 67.0. The maximum absolute atomic E-state index is 12.9. The van der Waals surface area contributed by atoms with Gasteiger partial charge < -0.3 is 18.9 Å². The van der Waals surface area contributed by atoms with Gasteiger partial charge >= 0.3 is 19.8 Å². The Hall–Kier alpha value is -3.59. The van der Waals surface area contributed by atoms with Gasteiger partial charge in [-0.1, -0.05) is 322 Å². The number of allylic oxidation sites excluding steroid dienone is 20. The second-order valence-electron chi connectivity index (χ2n) is 25.9. The summed E-state index contributed by atoms with van der Waals surface area (Å²) >= 11 is 0. The quantitative estimate of drug-likeness (QED) is 0.0211. The monoisotopic (exact) mass is 1280 g/mol. The van der Waals surface area contributed by atoms with Gasteiger partial charge in [0, 0.05) is 12.8 Å². The molecule has 518 valence electrons. The zero-order valence-corrected chi connectivity index (χ0v) is 60.0. The molecular formula is C80H141NO8P+. The van der Waals surface area contributed by atoms with Crippen molar-refractivity contribution in [2.75, 3.05) is 47.5 Å². The van der Waals surface area contributed by atoms with Crippen molar-refractivity contribution in [1.82, 2.24) is 0 Å². The van der Waals surface area contributed by atoms with Crippen LogP contribution in [-0.2, 0) is 32.7 Å². The second kappa shape index (κ2) is 69.7. The summed E-state index contributed by atoms with van der Waals surface area (Å²) in [6, 6.07) is 0. The average Bonchev–Trinajstić information content (AvgIpc) is 3.61. The predicted octanol–water partition coefficient (Wildman–Crippen LogP) is 24.6. The van der Waals surface area contributed by atoms with Gasteiger partial charge in [-0.3, -0.25) is 18.6 Å². The van der Waals surface area contributed by atoms with E-state index in [0.29, 0.717) is 17.4 Å². The summed E-state index contributed by atoms with van der Waals surface area (Å²) in [5, 5.41) is 0. The molecule has 0 aliphatic rings. The van der Waals surface area contributed by atoms with Gasteiger partial charge in [0.15, 0.2) is 6.10 Å². The fraction of sp³-hybridized carbons (Fsp3) is 0.725. The lowest BCUT2D eigenvalue weighted by Gasteiger charge is -2.24. The van der Waals surface area contributed by atoms with Crippen LogP contribution in [0.15, 0.2) is 122 Å². The minimum Gasteiger partial charge on any atom is -0.462 e. The van der Waals surface area contributed by atoms with Gasteiger partial charge in [0.1, 0.15) is 19.8 Å². The van der Waals surface area contributed by atoms with Crippen LogP contribution >= 0.6 is 7.82 Å². The largest absolute Gasteiger partial charge is 0.472 e. The molecule has 0 saturated heterocycles. The molecule has 0 aromatic heterocycles. The van der Waals surface area contributed by atoms with E-state index in [1.165, 1.54) is 199 Å². The van der Waals surface area contributed by atoms with Crippen LogP contribution < -0.4 is 0 Å². The van der Waals surface area contributed by atoms with Gasteiger partial charge in [0.2, 0.25) is 0 Å². The molecule has 90 heavy (non-hydrogen) atoms. The van der Waals surface area contributed by atoms with Gasteiger partial charge in [0.05, 0.1) is 27.7 Å². The van der Waals surface area contributed by atoms with Crippen LogP contribution in [0.25, 0.3) is 0 Å². The molecule has 9 nitrogen and oxygen atoms in total. The van der Waals surface area contributed by atoms with E-state index in [0.717, 1.165) is 89.9 Å². The van der Waals surface area contributed by atoms with E-state index in [4.69, 9.17) is 18.5 Å². The molecule has 0 saturated carbocycles. The molecule has 0 aliphatic heterocycles. The van der Waals surface area contributed by atoms with Crippen molar-refractivity contribution in [3.05, 3.63) is 122 Å². The number of hydrogen-bond acceptors (Lipinski definition) is 7. The number of carbonyl (C=O) groups excluding carboxylic acids is 2. The molecule has 0 fully saturated rings. The topological polar surface area (TPSA) is 108 Å². The smallest absolute Gasteiger partial charge is 0.462 e. The zero-order valence-electron chi connectivity index (χ0n) is 59.1. The molecule has 2 atom stereocenters. The molecule has 10 heteroatoms. The van der Waals surface area contributed by atoms with Crippen molar-refractivity contribution in [2.45, 2.75) is 328 Å². The fourth-order valence-corrected chi connectivity index (χ4v) is 11.0. The van der Waals surface area contributed by atoms with Crippen molar-refractivity contribution in [3.8, 4) is 0 Å². The number of hydrogen-bond donors (Lipinski definition) is 1. The van der Waals surface area contributed by atoms with Crippen LogP contribution in [-0.4, -0.2) is 74.9 Å². The van der Waals surface area contributed by atoms with Crippen LogP contribution in [0.1, 0.15) is 322 Å². The number of phosphoric ester groups is 1. The number of unbranched alkanes of at least 4 members (excludes halogenated alkanes) is 34. The van der Waals surface area contributed by atoms with E-state index in [1.807, 2.05) is 21.1 Å². The summed E-state index contributed by atoms with van der Waals surface area (Å²) < 4.78 is 34.7. The zero-order chi connectivity index (χ0) is 65.5. The lowest BCUT2D eigenvalue weighted by Crippen LogP contribution is -2.37. The number of phosphoric acid groups is 1. The number of carbonyl (C=O) groups is 2. The Labute approximate surface area is 556 Å².